The third-order valence-corrected chi connectivity index (χ3v) is 4.87. The van der Waals surface area contributed by atoms with Crippen LogP contribution in [0.5, 0.6) is 0 Å². The average Bonchev–Trinajstić information content (AvgIpc) is 3.43. The molecule has 1 amide bonds. The largest absolute Gasteiger partial charge is 0.440 e. The highest BCUT2D eigenvalue weighted by Gasteiger charge is 2.27. The van der Waals surface area contributed by atoms with Crippen molar-refractivity contribution in [2.75, 3.05) is 5.32 Å². The molecule has 154 valence electrons. The van der Waals surface area contributed by atoms with Crippen LogP contribution in [0.1, 0.15) is 34.0 Å². The molecule has 0 aliphatic heterocycles. The van der Waals surface area contributed by atoms with Gasteiger partial charge in [-0.15, -0.1) is 16.4 Å². The zero-order valence-electron chi connectivity index (χ0n) is 16.0. The number of anilines is 1. The summed E-state index contributed by atoms with van der Waals surface area (Å²) in [7, 11) is 0. The number of benzene rings is 1. The minimum atomic E-state index is -3.00. The van der Waals surface area contributed by atoms with Crippen LogP contribution in [0.25, 0.3) is 11.3 Å². The fourth-order valence-corrected chi connectivity index (χ4v) is 3.53. The molecule has 3 aromatic heterocycles. The molecule has 0 atom stereocenters. The summed E-state index contributed by atoms with van der Waals surface area (Å²) in [4.78, 5) is 22.0. The number of nitrogens with zero attached hydrogens (tertiary/aromatic N) is 5. The fraction of sp³-hybridized carbons (Fsp3) is 0.211. The van der Waals surface area contributed by atoms with Gasteiger partial charge in [-0.2, -0.15) is 18.7 Å². The van der Waals surface area contributed by atoms with E-state index in [1.165, 1.54) is 16.4 Å². The molecule has 0 aliphatic rings. The zero-order valence-corrected chi connectivity index (χ0v) is 16.8. The number of oxazole rings is 1. The van der Waals surface area contributed by atoms with Gasteiger partial charge in [0.05, 0.1) is 6.20 Å². The standard InChI is InChI=1S/C19H16F2N6O2S/c1-11-23-16(17(29-11)12-6-4-3-5-7-12)18(28)25-14-8-22-27(26-14)9-15-24-13(10-30-15)19(2,20)21/h3-8,10H,9H2,1-2H3,(H,25,26,28). The molecule has 0 fully saturated rings. The molecule has 4 aromatic rings. The van der Waals surface area contributed by atoms with Gasteiger partial charge >= 0.3 is 0 Å². The van der Waals surface area contributed by atoms with E-state index < -0.39 is 11.8 Å². The number of aromatic nitrogens is 5. The lowest BCUT2D eigenvalue weighted by Gasteiger charge is -2.04. The van der Waals surface area contributed by atoms with E-state index in [9.17, 15) is 13.6 Å². The maximum Gasteiger partial charge on any atom is 0.287 e. The first-order chi connectivity index (χ1) is 14.3. The number of carbonyl (C=O) groups is 1. The number of hydrogen-bond acceptors (Lipinski definition) is 7. The molecule has 30 heavy (non-hydrogen) atoms. The highest BCUT2D eigenvalue weighted by molar-refractivity contribution is 7.09. The molecule has 3 heterocycles. The van der Waals surface area contributed by atoms with Gasteiger partial charge in [0.25, 0.3) is 11.8 Å². The molecule has 0 radical (unpaired) electrons. The summed E-state index contributed by atoms with van der Waals surface area (Å²) in [5.74, 6) is -2.60. The molecule has 8 nitrogen and oxygen atoms in total. The van der Waals surface area contributed by atoms with Crippen LogP contribution < -0.4 is 5.32 Å². The maximum absolute atomic E-state index is 13.3. The van der Waals surface area contributed by atoms with Crippen LogP contribution >= 0.6 is 11.3 Å². The lowest BCUT2D eigenvalue weighted by molar-refractivity contribution is 0.0132. The van der Waals surface area contributed by atoms with Crippen molar-refractivity contribution in [3.05, 3.63) is 64.2 Å². The number of alkyl halides is 2. The van der Waals surface area contributed by atoms with Gasteiger partial charge < -0.3 is 9.73 Å². The second-order valence-electron chi connectivity index (χ2n) is 6.51. The summed E-state index contributed by atoms with van der Waals surface area (Å²) < 4.78 is 32.2. The summed E-state index contributed by atoms with van der Waals surface area (Å²) in [5.41, 5.74) is 0.556. The lowest BCUT2D eigenvalue weighted by Crippen LogP contribution is -2.14. The fourth-order valence-electron chi connectivity index (χ4n) is 2.68. The molecule has 4 rings (SSSR count). The third kappa shape index (κ3) is 4.25. The van der Waals surface area contributed by atoms with Gasteiger partial charge in [0.2, 0.25) is 0 Å². The Kier molecular flexibility index (Phi) is 5.12. The summed E-state index contributed by atoms with van der Waals surface area (Å²) in [6.45, 7) is 2.55. The zero-order chi connectivity index (χ0) is 21.3. The first kappa shape index (κ1) is 19.8. The lowest BCUT2D eigenvalue weighted by atomic mass is 10.1. The molecule has 0 saturated heterocycles. The Morgan fingerprint density at radius 1 is 1.27 bits per heavy atom. The number of thiazole rings is 1. The van der Waals surface area contributed by atoms with E-state index in [0.717, 1.165) is 23.8 Å². The molecule has 0 aliphatic carbocycles. The minimum absolute atomic E-state index is 0.106. The molecular weight excluding hydrogens is 414 g/mol. The van der Waals surface area contributed by atoms with E-state index in [4.69, 9.17) is 4.42 Å². The minimum Gasteiger partial charge on any atom is -0.440 e. The van der Waals surface area contributed by atoms with E-state index >= 15 is 0 Å². The van der Waals surface area contributed by atoms with Crippen molar-refractivity contribution in [2.45, 2.75) is 26.3 Å². The highest BCUT2D eigenvalue weighted by atomic mass is 32.1. The highest BCUT2D eigenvalue weighted by Crippen LogP contribution is 2.28. The van der Waals surface area contributed by atoms with Gasteiger partial charge in [-0.1, -0.05) is 30.3 Å². The Hall–Kier alpha value is -3.47. The number of aryl methyl sites for hydroxylation is 1. The molecule has 0 bridgehead atoms. The Bertz CT molecular complexity index is 1180. The number of amides is 1. The molecule has 1 aromatic carbocycles. The normalized spacial score (nSPS) is 11.6. The van der Waals surface area contributed by atoms with E-state index in [-0.39, 0.29) is 23.8 Å². The number of rotatable bonds is 6. The van der Waals surface area contributed by atoms with Crippen LogP contribution in [0.3, 0.4) is 0 Å². The van der Waals surface area contributed by atoms with E-state index in [1.807, 2.05) is 30.3 Å². The summed E-state index contributed by atoms with van der Waals surface area (Å²) in [6.07, 6.45) is 1.36. The monoisotopic (exact) mass is 430 g/mol. The topological polar surface area (TPSA) is 98.7 Å². The molecule has 0 unspecified atom stereocenters. The SMILES string of the molecule is Cc1nc(C(=O)Nc2cnn(Cc3nc(C(C)(F)F)cs3)n2)c(-c2ccccc2)o1. The molecule has 11 heteroatoms. The van der Waals surface area contributed by atoms with Crippen molar-refractivity contribution >= 4 is 23.1 Å². The van der Waals surface area contributed by atoms with E-state index in [2.05, 4.69) is 25.5 Å². The number of halogens is 2. The first-order valence-corrected chi connectivity index (χ1v) is 9.74. The van der Waals surface area contributed by atoms with Crippen molar-refractivity contribution in [3.63, 3.8) is 0 Å². The van der Waals surface area contributed by atoms with Crippen molar-refractivity contribution in [1.82, 2.24) is 25.0 Å². The predicted octanol–water partition coefficient (Wildman–Crippen LogP) is 4.11. The maximum atomic E-state index is 13.3. The molecule has 0 saturated carbocycles. The quantitative estimate of drug-likeness (QED) is 0.494. The van der Waals surface area contributed by atoms with Gasteiger partial charge in [-0.3, -0.25) is 4.79 Å². The van der Waals surface area contributed by atoms with Crippen LogP contribution in [0, 0.1) is 6.92 Å². The van der Waals surface area contributed by atoms with Crippen molar-refractivity contribution < 1.29 is 18.0 Å². The van der Waals surface area contributed by atoms with Crippen molar-refractivity contribution in [2.24, 2.45) is 0 Å². The summed E-state index contributed by atoms with van der Waals surface area (Å²) in [5, 5.41) is 12.5. The number of hydrogen-bond donors (Lipinski definition) is 1. The van der Waals surface area contributed by atoms with Gasteiger partial charge in [0.1, 0.15) is 17.2 Å². The molecular formula is C19H16F2N6O2S. The third-order valence-electron chi connectivity index (χ3n) is 4.04. The van der Waals surface area contributed by atoms with Crippen LogP contribution in [-0.2, 0) is 12.5 Å². The van der Waals surface area contributed by atoms with Crippen molar-refractivity contribution in [1.29, 1.82) is 0 Å². The van der Waals surface area contributed by atoms with Crippen LogP contribution in [0.2, 0.25) is 0 Å². The smallest absolute Gasteiger partial charge is 0.287 e. The number of carbonyl (C=O) groups excluding carboxylic acids is 1. The molecule has 0 spiro atoms. The Labute approximate surface area is 173 Å². The van der Waals surface area contributed by atoms with E-state index in [1.54, 1.807) is 6.92 Å². The summed E-state index contributed by atoms with van der Waals surface area (Å²) >= 11 is 1.09. The van der Waals surface area contributed by atoms with Crippen LogP contribution in [0.15, 0.2) is 46.3 Å². The van der Waals surface area contributed by atoms with Crippen LogP contribution in [-0.4, -0.2) is 30.9 Å². The second kappa shape index (κ2) is 7.75. The van der Waals surface area contributed by atoms with Crippen LogP contribution in [0.4, 0.5) is 14.6 Å². The summed E-state index contributed by atoms with van der Waals surface area (Å²) in [6, 6.07) is 9.15. The second-order valence-corrected chi connectivity index (χ2v) is 7.45. The van der Waals surface area contributed by atoms with Gasteiger partial charge in [-0.05, 0) is 0 Å². The van der Waals surface area contributed by atoms with Crippen molar-refractivity contribution in [3.8, 4) is 11.3 Å². The Morgan fingerprint density at radius 3 is 2.73 bits per heavy atom. The van der Waals surface area contributed by atoms with Gasteiger partial charge in [0.15, 0.2) is 23.2 Å². The molecule has 1 N–H and O–H groups in total. The van der Waals surface area contributed by atoms with Gasteiger partial charge in [-0.25, -0.2) is 9.97 Å². The predicted molar refractivity (Wildman–Crippen MR) is 105 cm³/mol. The Balaban J connectivity index is 1.48. The number of nitrogens with one attached hydrogen (secondary N) is 1. The average molecular weight is 430 g/mol. The van der Waals surface area contributed by atoms with E-state index in [0.29, 0.717) is 16.7 Å². The van der Waals surface area contributed by atoms with Gasteiger partial charge in [0, 0.05) is 24.8 Å². The first-order valence-electron chi connectivity index (χ1n) is 8.86. The Morgan fingerprint density at radius 2 is 2.03 bits per heavy atom.